The lowest BCUT2D eigenvalue weighted by atomic mass is 10.1. The van der Waals surface area contributed by atoms with Crippen LogP contribution in [-0.2, 0) is 4.79 Å². The molecule has 194 valence electrons. The molecule has 0 aromatic heterocycles. The van der Waals surface area contributed by atoms with E-state index < -0.39 is 11.7 Å². The van der Waals surface area contributed by atoms with Crippen molar-refractivity contribution in [2.75, 3.05) is 29.2 Å². The van der Waals surface area contributed by atoms with E-state index in [0.29, 0.717) is 28.5 Å². The Bertz CT molecular complexity index is 1600. The van der Waals surface area contributed by atoms with Crippen LogP contribution in [-0.4, -0.2) is 31.7 Å². The Labute approximate surface area is 230 Å². The first-order valence-electron chi connectivity index (χ1n) is 12.1. The summed E-state index contributed by atoms with van der Waals surface area (Å²) in [4.78, 5) is 34.6. The van der Waals surface area contributed by atoms with E-state index in [9.17, 15) is 14.0 Å². The molecule has 0 fully saturated rings. The molecule has 1 aliphatic heterocycles. The quantitative estimate of drug-likeness (QED) is 0.280. The van der Waals surface area contributed by atoms with Crippen LogP contribution in [0.2, 0.25) is 5.02 Å². The van der Waals surface area contributed by atoms with Gasteiger partial charge in [-0.1, -0.05) is 54.1 Å². The minimum absolute atomic E-state index is 0.0825. The second-order valence-corrected chi connectivity index (χ2v) is 9.49. The Balaban J connectivity index is 1.43. The zero-order valence-corrected chi connectivity index (χ0v) is 22.0. The summed E-state index contributed by atoms with van der Waals surface area (Å²) in [5.41, 5.74) is 4.30. The van der Waals surface area contributed by atoms with E-state index in [1.807, 2.05) is 73.6 Å². The highest BCUT2D eigenvalue weighted by molar-refractivity contribution is 6.33. The second kappa shape index (κ2) is 10.9. The van der Waals surface area contributed by atoms with Gasteiger partial charge in [-0.3, -0.25) is 14.5 Å². The number of carbonyl (C=O) groups excluding carboxylic acids is 2. The molecule has 4 aromatic carbocycles. The summed E-state index contributed by atoms with van der Waals surface area (Å²) < 4.78 is 13.4. The fourth-order valence-corrected chi connectivity index (χ4v) is 4.28. The van der Waals surface area contributed by atoms with Gasteiger partial charge in [0.05, 0.1) is 10.7 Å². The minimum Gasteiger partial charge on any atom is -0.378 e. The molecule has 0 unspecified atom stereocenters. The van der Waals surface area contributed by atoms with Crippen LogP contribution < -0.4 is 15.1 Å². The van der Waals surface area contributed by atoms with E-state index >= 15 is 0 Å². The predicted molar refractivity (Wildman–Crippen MR) is 155 cm³/mol. The number of halogens is 2. The molecule has 4 aromatic rings. The summed E-state index contributed by atoms with van der Waals surface area (Å²) in [6, 6.07) is 27.9. The number of amidine groups is 1. The standard InChI is InChI=1S/C31H24ClFN4O2/c1-36(2)24-13-8-20(9-14-24)18-28-31(39)37(29(35-28)21-6-4-3-5-7-21)25-15-10-22(11-16-25)30(38)34-23-12-17-27(33)26(32)19-23/h3-19H,1-2H3,(H,34,38). The van der Waals surface area contributed by atoms with Crippen molar-refractivity contribution in [2.45, 2.75) is 0 Å². The monoisotopic (exact) mass is 538 g/mol. The van der Waals surface area contributed by atoms with Crippen molar-refractivity contribution < 1.29 is 14.0 Å². The van der Waals surface area contributed by atoms with Gasteiger partial charge in [0, 0.05) is 36.6 Å². The molecule has 0 radical (unpaired) electrons. The van der Waals surface area contributed by atoms with Crippen molar-refractivity contribution in [3.63, 3.8) is 0 Å². The number of hydrogen-bond acceptors (Lipinski definition) is 4. The third-order valence-electron chi connectivity index (χ3n) is 6.17. The molecule has 1 aliphatic rings. The highest BCUT2D eigenvalue weighted by Gasteiger charge is 2.32. The molecule has 8 heteroatoms. The number of anilines is 3. The third kappa shape index (κ3) is 5.58. The maximum Gasteiger partial charge on any atom is 0.282 e. The van der Waals surface area contributed by atoms with Gasteiger partial charge < -0.3 is 10.2 Å². The van der Waals surface area contributed by atoms with Gasteiger partial charge in [0.25, 0.3) is 11.8 Å². The van der Waals surface area contributed by atoms with Crippen molar-refractivity contribution in [3.8, 4) is 0 Å². The van der Waals surface area contributed by atoms with Crippen molar-refractivity contribution in [1.29, 1.82) is 0 Å². The summed E-state index contributed by atoms with van der Waals surface area (Å²) in [7, 11) is 3.94. The summed E-state index contributed by atoms with van der Waals surface area (Å²) in [5.74, 6) is -0.738. The highest BCUT2D eigenvalue weighted by atomic mass is 35.5. The average molecular weight is 539 g/mol. The molecule has 0 aliphatic carbocycles. The second-order valence-electron chi connectivity index (χ2n) is 9.09. The van der Waals surface area contributed by atoms with Crippen molar-refractivity contribution >= 4 is 52.4 Å². The average Bonchev–Trinajstić information content (AvgIpc) is 3.27. The maximum absolute atomic E-state index is 13.6. The van der Waals surface area contributed by atoms with Gasteiger partial charge in [0.1, 0.15) is 17.3 Å². The van der Waals surface area contributed by atoms with Gasteiger partial charge in [0.15, 0.2) is 0 Å². The molecule has 0 saturated carbocycles. The Morgan fingerprint density at radius 1 is 0.949 bits per heavy atom. The molecule has 39 heavy (non-hydrogen) atoms. The lowest BCUT2D eigenvalue weighted by molar-refractivity contribution is -0.113. The predicted octanol–water partition coefficient (Wildman–Crippen LogP) is 6.63. The van der Waals surface area contributed by atoms with Crippen molar-refractivity contribution in [1.82, 2.24) is 0 Å². The van der Waals surface area contributed by atoms with Crippen LogP contribution in [0.15, 0.2) is 108 Å². The number of benzene rings is 4. The molecule has 1 heterocycles. The van der Waals surface area contributed by atoms with E-state index in [-0.39, 0.29) is 10.9 Å². The lowest BCUT2D eigenvalue weighted by Gasteiger charge is -2.19. The zero-order valence-electron chi connectivity index (χ0n) is 21.2. The molecule has 0 spiro atoms. The Kier molecular flexibility index (Phi) is 7.25. The molecule has 5 rings (SSSR count). The Morgan fingerprint density at radius 3 is 2.28 bits per heavy atom. The van der Waals surface area contributed by atoms with Crippen LogP contribution in [0.1, 0.15) is 21.5 Å². The maximum atomic E-state index is 13.6. The number of carbonyl (C=O) groups is 2. The van der Waals surface area contributed by atoms with Crippen LogP contribution in [0.4, 0.5) is 21.5 Å². The Morgan fingerprint density at radius 2 is 1.64 bits per heavy atom. The molecular formula is C31H24ClFN4O2. The summed E-state index contributed by atoms with van der Waals surface area (Å²) in [5, 5.41) is 2.61. The smallest absolute Gasteiger partial charge is 0.282 e. The SMILES string of the molecule is CN(C)c1ccc(C=C2N=C(c3ccccc3)N(c3ccc(C(=O)Nc4ccc(F)c(Cl)c4)cc3)C2=O)cc1. The fraction of sp³-hybridized carbons (Fsp3) is 0.0645. The molecule has 1 N–H and O–H groups in total. The van der Waals surface area contributed by atoms with Crippen LogP contribution >= 0.6 is 11.6 Å². The molecule has 6 nitrogen and oxygen atoms in total. The number of nitrogens with one attached hydrogen (secondary N) is 1. The number of aliphatic imine (C=N–C) groups is 1. The summed E-state index contributed by atoms with van der Waals surface area (Å²) in [6.07, 6.45) is 1.76. The third-order valence-corrected chi connectivity index (χ3v) is 6.46. The number of hydrogen-bond donors (Lipinski definition) is 1. The lowest BCUT2D eigenvalue weighted by Crippen LogP contribution is -2.32. The van der Waals surface area contributed by atoms with E-state index in [1.165, 1.54) is 23.1 Å². The first-order chi connectivity index (χ1) is 18.8. The van der Waals surface area contributed by atoms with Gasteiger partial charge in [-0.05, 0) is 66.2 Å². The largest absolute Gasteiger partial charge is 0.378 e. The van der Waals surface area contributed by atoms with E-state index in [4.69, 9.17) is 16.6 Å². The number of rotatable bonds is 6. The van der Waals surface area contributed by atoms with Crippen LogP contribution in [0.25, 0.3) is 6.08 Å². The molecular weight excluding hydrogens is 515 g/mol. The number of nitrogens with zero attached hydrogens (tertiary/aromatic N) is 3. The van der Waals surface area contributed by atoms with Crippen molar-refractivity contribution in [2.24, 2.45) is 4.99 Å². The first-order valence-corrected chi connectivity index (χ1v) is 12.5. The molecule has 0 bridgehead atoms. The molecule has 0 saturated heterocycles. The molecule has 0 atom stereocenters. The topological polar surface area (TPSA) is 65.0 Å². The normalized spacial score (nSPS) is 13.9. The summed E-state index contributed by atoms with van der Waals surface area (Å²) in [6.45, 7) is 0. The fourth-order valence-electron chi connectivity index (χ4n) is 4.10. The first kappa shape index (κ1) is 25.9. The van der Waals surface area contributed by atoms with Gasteiger partial charge in [-0.25, -0.2) is 9.38 Å². The van der Waals surface area contributed by atoms with E-state index in [0.717, 1.165) is 16.8 Å². The molecule has 2 amide bonds. The van der Waals surface area contributed by atoms with Crippen LogP contribution in [0, 0.1) is 5.82 Å². The number of amides is 2. The minimum atomic E-state index is -0.566. The van der Waals surface area contributed by atoms with Crippen LogP contribution in [0.3, 0.4) is 0 Å². The van der Waals surface area contributed by atoms with E-state index in [2.05, 4.69) is 5.32 Å². The zero-order chi connectivity index (χ0) is 27.5. The van der Waals surface area contributed by atoms with Crippen molar-refractivity contribution in [3.05, 3.63) is 130 Å². The van der Waals surface area contributed by atoms with Gasteiger partial charge in [-0.2, -0.15) is 0 Å². The van der Waals surface area contributed by atoms with E-state index in [1.54, 1.807) is 30.3 Å². The summed E-state index contributed by atoms with van der Waals surface area (Å²) >= 11 is 5.82. The van der Waals surface area contributed by atoms with Crippen LogP contribution in [0.5, 0.6) is 0 Å². The van der Waals surface area contributed by atoms with Gasteiger partial charge >= 0.3 is 0 Å². The van der Waals surface area contributed by atoms with Gasteiger partial charge in [0.2, 0.25) is 0 Å². The highest BCUT2D eigenvalue weighted by Crippen LogP contribution is 2.29. The Hall–Kier alpha value is -4.75. The van der Waals surface area contributed by atoms with Gasteiger partial charge in [-0.15, -0.1) is 0 Å².